The smallest absolute Gasteiger partial charge is 0.160 e. The van der Waals surface area contributed by atoms with E-state index in [4.69, 9.17) is 14.4 Å². The van der Waals surface area contributed by atoms with Crippen LogP contribution in [0.1, 0.15) is 0 Å². The highest BCUT2D eigenvalue weighted by molar-refractivity contribution is 6.22. The van der Waals surface area contributed by atoms with Crippen LogP contribution in [0.15, 0.2) is 284 Å². The number of nitrogens with zero attached hydrogens (tertiary/aromatic N) is 2. The standard InChI is InChI=1S/C72H46N2O/c1-2-17-47(18-3-1)49-34-41-53(42-35-49)70-69(52-39-37-51(38-40-52)59-32-15-22-50-20-6-7-25-58(50)59)71(65-31-13-8-26-60(65)66-33-16-44-75-66)74-72(73-70)57-24-14-23-55(46-57)67-61-27-9-11-29-63(61)68(64-30-12-10-28-62(64)67)56-43-36-48-19-4-5-21-54(48)45-56/h1-46H. The van der Waals surface area contributed by atoms with Crippen LogP contribution in [0.4, 0.5) is 0 Å². The van der Waals surface area contributed by atoms with E-state index >= 15 is 0 Å². The molecule has 0 bridgehead atoms. The average molecular weight is 955 g/mol. The van der Waals surface area contributed by atoms with E-state index in [2.05, 4.69) is 261 Å². The van der Waals surface area contributed by atoms with E-state index in [1.807, 2.05) is 12.1 Å². The zero-order valence-corrected chi connectivity index (χ0v) is 40.9. The first-order valence-electron chi connectivity index (χ1n) is 25.5. The van der Waals surface area contributed by atoms with Crippen molar-refractivity contribution in [1.82, 2.24) is 9.97 Å². The van der Waals surface area contributed by atoms with Crippen molar-refractivity contribution in [3.63, 3.8) is 0 Å². The number of aromatic nitrogens is 2. The molecule has 12 aromatic carbocycles. The van der Waals surface area contributed by atoms with Gasteiger partial charge in [-0.3, -0.25) is 0 Å². The maximum Gasteiger partial charge on any atom is 0.160 e. The number of benzene rings is 12. The van der Waals surface area contributed by atoms with Crippen LogP contribution in [0.25, 0.3) is 144 Å². The van der Waals surface area contributed by atoms with Gasteiger partial charge in [0.05, 0.1) is 17.7 Å². The van der Waals surface area contributed by atoms with Gasteiger partial charge < -0.3 is 4.42 Å². The van der Waals surface area contributed by atoms with E-state index in [0.29, 0.717) is 5.82 Å². The summed E-state index contributed by atoms with van der Waals surface area (Å²) < 4.78 is 6.16. The van der Waals surface area contributed by atoms with Gasteiger partial charge in [0.25, 0.3) is 0 Å². The Bertz CT molecular complexity index is 4380. The van der Waals surface area contributed by atoms with E-state index in [-0.39, 0.29) is 0 Å². The van der Waals surface area contributed by atoms with Gasteiger partial charge in [-0.05, 0) is 117 Å². The van der Waals surface area contributed by atoms with E-state index in [1.54, 1.807) is 6.26 Å². The Labute approximate surface area is 435 Å². The Morgan fingerprint density at radius 2 is 0.720 bits per heavy atom. The molecule has 0 saturated carbocycles. The molecule has 350 valence electrons. The predicted molar refractivity (Wildman–Crippen MR) is 313 cm³/mol. The molecule has 0 aliphatic rings. The van der Waals surface area contributed by atoms with Crippen molar-refractivity contribution in [2.45, 2.75) is 0 Å². The van der Waals surface area contributed by atoms with E-state index in [9.17, 15) is 0 Å². The molecule has 14 aromatic rings. The molecular weight excluding hydrogens is 909 g/mol. The minimum atomic E-state index is 0.626. The molecule has 0 saturated heterocycles. The summed E-state index contributed by atoms with van der Waals surface area (Å²) >= 11 is 0. The molecule has 2 aromatic heterocycles. The Morgan fingerprint density at radius 3 is 1.43 bits per heavy atom. The summed E-state index contributed by atoms with van der Waals surface area (Å²) in [7, 11) is 0. The monoisotopic (exact) mass is 954 g/mol. The van der Waals surface area contributed by atoms with Gasteiger partial charge >= 0.3 is 0 Å². The van der Waals surface area contributed by atoms with E-state index < -0.39 is 0 Å². The molecule has 0 radical (unpaired) electrons. The highest BCUT2D eigenvalue weighted by Gasteiger charge is 2.24. The first-order valence-corrected chi connectivity index (χ1v) is 25.5. The normalized spacial score (nSPS) is 11.5. The van der Waals surface area contributed by atoms with Crippen LogP contribution >= 0.6 is 0 Å². The van der Waals surface area contributed by atoms with Crippen LogP contribution < -0.4 is 0 Å². The molecule has 0 aliphatic heterocycles. The van der Waals surface area contributed by atoms with Gasteiger partial charge in [0, 0.05) is 27.8 Å². The molecule has 2 heterocycles. The fourth-order valence-electron chi connectivity index (χ4n) is 11.3. The molecule has 3 nitrogen and oxygen atoms in total. The third-order valence-corrected chi connectivity index (χ3v) is 14.8. The fraction of sp³-hybridized carbons (Fsp3) is 0. The Morgan fingerprint density at radius 1 is 0.240 bits per heavy atom. The van der Waals surface area contributed by atoms with Gasteiger partial charge in [-0.2, -0.15) is 0 Å². The van der Waals surface area contributed by atoms with Crippen LogP contribution in [0.3, 0.4) is 0 Å². The van der Waals surface area contributed by atoms with Gasteiger partial charge in [-0.1, -0.05) is 249 Å². The second kappa shape index (κ2) is 18.6. The summed E-state index contributed by atoms with van der Waals surface area (Å²) in [6, 6.07) is 97.7. The van der Waals surface area contributed by atoms with E-state index in [0.717, 1.165) is 72.8 Å². The summed E-state index contributed by atoms with van der Waals surface area (Å²) in [5, 5.41) is 9.67. The van der Waals surface area contributed by atoms with E-state index in [1.165, 1.54) is 65.3 Å². The average Bonchev–Trinajstić information content (AvgIpc) is 4.05. The summed E-state index contributed by atoms with van der Waals surface area (Å²) in [6.07, 6.45) is 1.73. The molecular formula is C72H46N2O. The summed E-state index contributed by atoms with van der Waals surface area (Å²) in [5.41, 5.74) is 16.7. The summed E-state index contributed by atoms with van der Waals surface area (Å²) in [6.45, 7) is 0. The van der Waals surface area contributed by atoms with Crippen LogP contribution in [0, 0.1) is 0 Å². The highest BCUT2D eigenvalue weighted by atomic mass is 16.3. The molecule has 0 fully saturated rings. The van der Waals surface area contributed by atoms with Gasteiger partial charge in [-0.15, -0.1) is 0 Å². The molecule has 3 heteroatoms. The zero-order chi connectivity index (χ0) is 49.7. The van der Waals surface area contributed by atoms with Crippen LogP contribution in [-0.4, -0.2) is 9.97 Å². The van der Waals surface area contributed by atoms with Crippen molar-refractivity contribution >= 4 is 43.1 Å². The van der Waals surface area contributed by atoms with Crippen LogP contribution in [0.5, 0.6) is 0 Å². The topological polar surface area (TPSA) is 38.9 Å². The summed E-state index contributed by atoms with van der Waals surface area (Å²) in [5.74, 6) is 1.39. The third-order valence-electron chi connectivity index (χ3n) is 14.8. The highest BCUT2D eigenvalue weighted by Crippen LogP contribution is 2.47. The molecule has 0 amide bonds. The largest absolute Gasteiger partial charge is 0.464 e. The third kappa shape index (κ3) is 7.86. The van der Waals surface area contributed by atoms with Crippen molar-refractivity contribution in [3.8, 4) is 101 Å². The fourth-order valence-corrected chi connectivity index (χ4v) is 11.3. The second-order valence-electron chi connectivity index (χ2n) is 19.2. The maximum atomic E-state index is 6.16. The SMILES string of the molecule is c1ccc(-c2ccc(-c3nc(-c4cccc(-c5c6ccccc6c(-c6ccc7ccccc7c6)c6ccccc56)c4)nc(-c4ccccc4-c4ccco4)c3-c3ccc(-c4cccc5ccccc45)cc3)cc2)cc1. The Kier molecular flexibility index (Phi) is 10.8. The van der Waals surface area contributed by atoms with Gasteiger partial charge in [0.2, 0.25) is 0 Å². The van der Waals surface area contributed by atoms with Crippen molar-refractivity contribution in [2.24, 2.45) is 0 Å². The lowest BCUT2D eigenvalue weighted by Crippen LogP contribution is -2.02. The van der Waals surface area contributed by atoms with Crippen molar-refractivity contribution in [2.75, 3.05) is 0 Å². The summed E-state index contributed by atoms with van der Waals surface area (Å²) in [4.78, 5) is 11.4. The first-order chi connectivity index (χ1) is 37.2. The van der Waals surface area contributed by atoms with Gasteiger partial charge in [0.15, 0.2) is 5.82 Å². The van der Waals surface area contributed by atoms with Crippen LogP contribution in [0.2, 0.25) is 0 Å². The van der Waals surface area contributed by atoms with Crippen molar-refractivity contribution in [1.29, 1.82) is 0 Å². The lowest BCUT2D eigenvalue weighted by atomic mass is 9.85. The molecule has 75 heavy (non-hydrogen) atoms. The lowest BCUT2D eigenvalue weighted by Gasteiger charge is -2.20. The molecule has 0 atom stereocenters. The van der Waals surface area contributed by atoms with Crippen molar-refractivity contribution in [3.05, 3.63) is 279 Å². The van der Waals surface area contributed by atoms with Gasteiger partial charge in [-0.25, -0.2) is 9.97 Å². The quantitative estimate of drug-likeness (QED) is 0.135. The lowest BCUT2D eigenvalue weighted by molar-refractivity contribution is 0.582. The molecule has 0 unspecified atom stereocenters. The Balaban J connectivity index is 0.999. The number of rotatable bonds is 9. The zero-order valence-electron chi connectivity index (χ0n) is 40.9. The number of furan rings is 1. The van der Waals surface area contributed by atoms with Gasteiger partial charge in [0.1, 0.15) is 5.76 Å². The first kappa shape index (κ1) is 43.8. The molecule has 0 aliphatic carbocycles. The molecule has 0 N–H and O–H groups in total. The maximum absolute atomic E-state index is 6.16. The number of hydrogen-bond acceptors (Lipinski definition) is 3. The predicted octanol–water partition coefficient (Wildman–Crippen LogP) is 19.7. The number of fused-ring (bicyclic) bond motifs is 4. The van der Waals surface area contributed by atoms with Crippen LogP contribution in [-0.2, 0) is 0 Å². The van der Waals surface area contributed by atoms with Crippen molar-refractivity contribution < 1.29 is 4.42 Å². The minimum absolute atomic E-state index is 0.626. The Hall–Kier alpha value is -9.96. The number of hydrogen-bond donors (Lipinski definition) is 0. The second-order valence-corrected chi connectivity index (χ2v) is 19.2. The minimum Gasteiger partial charge on any atom is -0.464 e. The molecule has 14 rings (SSSR count). The molecule has 0 spiro atoms.